The number of amides is 1. The maximum atomic E-state index is 13.1. The number of nitrogens with one attached hydrogen (secondary N) is 1. The lowest BCUT2D eigenvalue weighted by Crippen LogP contribution is -2.53. The van der Waals surface area contributed by atoms with E-state index in [0.717, 1.165) is 12.0 Å². The van der Waals surface area contributed by atoms with Crippen LogP contribution in [0, 0.1) is 5.82 Å². The van der Waals surface area contributed by atoms with E-state index < -0.39 is 11.0 Å². The lowest BCUT2D eigenvalue weighted by Gasteiger charge is -2.30. The maximum Gasteiger partial charge on any atom is 0.239 e. The average Bonchev–Trinajstić information content (AvgIpc) is 2.35. The Hall–Kier alpha value is -1.13. The number of carbonyl (C=O) groups excluding carboxylic acids is 1. The van der Waals surface area contributed by atoms with Gasteiger partial charge in [0, 0.05) is 17.0 Å². The highest BCUT2D eigenvalue weighted by Gasteiger charge is 2.30. The molecular weight excluding hydrogens is 291 g/mol. The number of rotatable bonds is 6. The summed E-state index contributed by atoms with van der Waals surface area (Å²) in [5.41, 5.74) is 5.50. The highest BCUT2D eigenvalue weighted by Crippen LogP contribution is 2.30. The van der Waals surface area contributed by atoms with Crippen molar-refractivity contribution in [1.29, 1.82) is 0 Å². The van der Waals surface area contributed by atoms with Crippen molar-refractivity contribution in [3.63, 3.8) is 0 Å². The van der Waals surface area contributed by atoms with Gasteiger partial charge in [-0.25, -0.2) is 4.39 Å². The molecule has 0 fully saturated rings. The zero-order valence-electron chi connectivity index (χ0n) is 13.1. The van der Waals surface area contributed by atoms with Crippen molar-refractivity contribution in [1.82, 2.24) is 5.32 Å². The minimum atomic E-state index is -0.878. The zero-order chi connectivity index (χ0) is 16.3. The zero-order valence-corrected chi connectivity index (χ0v) is 13.9. The van der Waals surface area contributed by atoms with Crippen LogP contribution in [0.2, 0.25) is 5.02 Å². The van der Waals surface area contributed by atoms with Crippen molar-refractivity contribution < 1.29 is 9.18 Å². The molecule has 1 aromatic carbocycles. The fourth-order valence-electron chi connectivity index (χ4n) is 2.27. The third-order valence-electron chi connectivity index (χ3n) is 3.64. The van der Waals surface area contributed by atoms with Crippen LogP contribution in [0.5, 0.6) is 0 Å². The van der Waals surface area contributed by atoms with Gasteiger partial charge in [0.25, 0.3) is 0 Å². The Morgan fingerprint density at radius 1 is 1.38 bits per heavy atom. The van der Waals surface area contributed by atoms with Crippen LogP contribution in [-0.4, -0.2) is 18.0 Å². The van der Waals surface area contributed by atoms with Crippen LogP contribution in [0.4, 0.5) is 4.39 Å². The van der Waals surface area contributed by atoms with Gasteiger partial charge in [-0.2, -0.15) is 0 Å². The van der Waals surface area contributed by atoms with Gasteiger partial charge in [0.2, 0.25) is 5.91 Å². The molecule has 0 bridgehead atoms. The molecule has 0 spiro atoms. The van der Waals surface area contributed by atoms with Crippen LogP contribution in [0.25, 0.3) is 0 Å². The van der Waals surface area contributed by atoms with E-state index in [1.54, 1.807) is 13.0 Å². The molecular formula is C16H24ClFN2O. The Bertz CT molecular complexity index is 515. The number of carbonyl (C=O) groups is 1. The molecule has 0 aromatic heterocycles. The number of hydrogen-bond acceptors (Lipinski definition) is 2. The van der Waals surface area contributed by atoms with Gasteiger partial charge in [-0.05, 0) is 31.0 Å². The van der Waals surface area contributed by atoms with Gasteiger partial charge in [0.15, 0.2) is 0 Å². The van der Waals surface area contributed by atoms with Gasteiger partial charge in [0.1, 0.15) is 5.82 Å². The van der Waals surface area contributed by atoms with E-state index in [4.69, 9.17) is 17.3 Å². The normalized spacial score (nSPS) is 14.6. The van der Waals surface area contributed by atoms with Crippen molar-refractivity contribution in [2.75, 3.05) is 6.54 Å². The molecule has 0 saturated carbocycles. The second kappa shape index (κ2) is 6.75. The van der Waals surface area contributed by atoms with Crippen molar-refractivity contribution in [3.05, 3.63) is 34.6 Å². The molecule has 0 radical (unpaired) electrons. The lowest BCUT2D eigenvalue weighted by molar-refractivity contribution is -0.126. The molecule has 0 aliphatic heterocycles. The largest absolute Gasteiger partial charge is 0.354 e. The molecule has 1 rings (SSSR count). The molecule has 3 nitrogen and oxygen atoms in total. The smallest absolute Gasteiger partial charge is 0.239 e. The summed E-state index contributed by atoms with van der Waals surface area (Å²) in [5, 5.41) is 3.23. The standard InChI is InChI=1S/C16H24ClFN2O/c1-5-8-16(4,19)14(21)20-10-15(2,3)12-7-6-11(18)9-13(12)17/h6-7,9H,5,8,10,19H2,1-4H3,(H,20,21). The van der Waals surface area contributed by atoms with Crippen LogP contribution < -0.4 is 11.1 Å². The molecule has 21 heavy (non-hydrogen) atoms. The first-order chi connectivity index (χ1) is 9.60. The topological polar surface area (TPSA) is 55.1 Å². The molecule has 118 valence electrons. The fraction of sp³-hybridized carbons (Fsp3) is 0.562. The Labute approximate surface area is 131 Å². The van der Waals surface area contributed by atoms with Gasteiger partial charge in [-0.3, -0.25) is 4.79 Å². The Morgan fingerprint density at radius 2 is 2.00 bits per heavy atom. The first-order valence-corrected chi connectivity index (χ1v) is 7.50. The summed E-state index contributed by atoms with van der Waals surface area (Å²) in [5.74, 6) is -0.559. The van der Waals surface area contributed by atoms with Gasteiger partial charge in [0.05, 0.1) is 5.54 Å². The summed E-state index contributed by atoms with van der Waals surface area (Å²) in [6.45, 7) is 7.98. The van der Waals surface area contributed by atoms with E-state index in [9.17, 15) is 9.18 Å². The van der Waals surface area contributed by atoms with Gasteiger partial charge in [-0.1, -0.05) is 44.9 Å². The van der Waals surface area contributed by atoms with E-state index in [-0.39, 0.29) is 11.7 Å². The third kappa shape index (κ3) is 4.68. The highest BCUT2D eigenvalue weighted by atomic mass is 35.5. The van der Waals surface area contributed by atoms with Crippen LogP contribution in [0.3, 0.4) is 0 Å². The Balaban J connectivity index is 2.79. The van der Waals surface area contributed by atoms with E-state index >= 15 is 0 Å². The number of nitrogens with two attached hydrogens (primary N) is 1. The van der Waals surface area contributed by atoms with E-state index in [1.165, 1.54) is 12.1 Å². The highest BCUT2D eigenvalue weighted by molar-refractivity contribution is 6.31. The molecule has 0 aliphatic carbocycles. The summed E-state index contributed by atoms with van der Waals surface area (Å²) >= 11 is 6.09. The maximum absolute atomic E-state index is 13.1. The number of hydrogen-bond donors (Lipinski definition) is 2. The van der Waals surface area contributed by atoms with E-state index in [2.05, 4.69) is 5.32 Å². The van der Waals surface area contributed by atoms with Gasteiger partial charge >= 0.3 is 0 Å². The monoisotopic (exact) mass is 314 g/mol. The summed E-state index contributed by atoms with van der Waals surface area (Å²) in [6.07, 6.45) is 1.46. The van der Waals surface area contributed by atoms with Gasteiger partial charge < -0.3 is 11.1 Å². The molecule has 5 heteroatoms. The summed E-state index contributed by atoms with van der Waals surface area (Å²) in [6, 6.07) is 4.30. The second-order valence-corrected chi connectivity index (χ2v) is 6.77. The van der Waals surface area contributed by atoms with Crippen molar-refractivity contribution in [2.24, 2.45) is 5.73 Å². The number of benzene rings is 1. The summed E-state index contributed by atoms with van der Waals surface area (Å²) < 4.78 is 13.1. The first kappa shape index (κ1) is 17.9. The molecule has 0 saturated heterocycles. The quantitative estimate of drug-likeness (QED) is 0.845. The third-order valence-corrected chi connectivity index (χ3v) is 3.95. The minimum absolute atomic E-state index is 0.185. The Kier molecular flexibility index (Phi) is 5.76. The fourth-order valence-corrected chi connectivity index (χ4v) is 2.69. The first-order valence-electron chi connectivity index (χ1n) is 7.13. The molecule has 0 heterocycles. The van der Waals surface area contributed by atoms with Crippen molar-refractivity contribution >= 4 is 17.5 Å². The lowest BCUT2D eigenvalue weighted by atomic mass is 9.84. The second-order valence-electron chi connectivity index (χ2n) is 6.36. The molecule has 0 aliphatic rings. The van der Waals surface area contributed by atoms with Crippen LogP contribution in [0.1, 0.15) is 46.1 Å². The predicted octanol–water partition coefficient (Wildman–Crippen LogP) is 3.39. The molecule has 1 atom stereocenters. The Morgan fingerprint density at radius 3 is 2.52 bits per heavy atom. The summed E-state index contributed by atoms with van der Waals surface area (Å²) in [4.78, 5) is 12.1. The molecule has 1 aromatic rings. The molecule has 1 amide bonds. The minimum Gasteiger partial charge on any atom is -0.354 e. The van der Waals surface area contributed by atoms with E-state index in [1.807, 2.05) is 20.8 Å². The van der Waals surface area contributed by atoms with Gasteiger partial charge in [-0.15, -0.1) is 0 Å². The van der Waals surface area contributed by atoms with Crippen LogP contribution in [0.15, 0.2) is 18.2 Å². The van der Waals surface area contributed by atoms with E-state index in [0.29, 0.717) is 18.0 Å². The molecule has 1 unspecified atom stereocenters. The van der Waals surface area contributed by atoms with Crippen LogP contribution in [-0.2, 0) is 10.2 Å². The van der Waals surface area contributed by atoms with Crippen LogP contribution >= 0.6 is 11.6 Å². The summed E-state index contributed by atoms with van der Waals surface area (Å²) in [7, 11) is 0. The number of halogens is 2. The van der Waals surface area contributed by atoms with Crippen molar-refractivity contribution in [2.45, 2.75) is 51.5 Å². The SMILES string of the molecule is CCCC(C)(N)C(=O)NCC(C)(C)c1ccc(F)cc1Cl. The van der Waals surface area contributed by atoms with Crippen molar-refractivity contribution in [3.8, 4) is 0 Å². The molecule has 3 N–H and O–H groups in total. The predicted molar refractivity (Wildman–Crippen MR) is 84.9 cm³/mol. The average molecular weight is 315 g/mol.